The lowest BCUT2D eigenvalue weighted by atomic mass is 9.80. The van der Waals surface area contributed by atoms with Gasteiger partial charge >= 0.3 is 0 Å². The number of fused-ring (bicyclic) bond motifs is 11. The first-order chi connectivity index (χ1) is 18.4. The van der Waals surface area contributed by atoms with E-state index in [1.54, 1.807) is 0 Å². The van der Waals surface area contributed by atoms with Crippen molar-refractivity contribution >= 4 is 31.5 Å². The second kappa shape index (κ2) is 7.99. The lowest BCUT2D eigenvalue weighted by Gasteiger charge is -2.23. The van der Waals surface area contributed by atoms with E-state index in [1.807, 2.05) is 23.7 Å². The topological polar surface area (TPSA) is 12.9 Å². The largest absolute Gasteiger partial charge is 0.263 e. The molecule has 0 saturated carbocycles. The number of hydrogen-bond acceptors (Lipinski definition) is 2. The molecule has 0 atom stereocenters. The quantitative estimate of drug-likeness (QED) is 0.224. The molecule has 0 radical (unpaired) electrons. The fraction of sp³-hybridized carbons (Fsp3) is 0. The molecule has 2 aromatic heterocycles. The van der Waals surface area contributed by atoms with Crippen LogP contribution in [-0.4, -0.2) is 4.98 Å². The number of benzene rings is 5. The summed E-state index contributed by atoms with van der Waals surface area (Å²) in [5.74, 6) is 0. The predicted octanol–water partition coefficient (Wildman–Crippen LogP) is 10.1. The van der Waals surface area contributed by atoms with Crippen LogP contribution in [0.15, 0.2) is 128 Å². The van der Waals surface area contributed by atoms with Crippen LogP contribution in [0.2, 0.25) is 0 Å². The molecule has 1 aliphatic carbocycles. The summed E-state index contributed by atoms with van der Waals surface area (Å²) in [6, 6.07) is 42.3. The van der Waals surface area contributed by atoms with Gasteiger partial charge in [-0.3, -0.25) is 4.98 Å². The van der Waals surface area contributed by atoms with Crippen LogP contribution in [0, 0.1) is 0 Å². The first-order valence-electron chi connectivity index (χ1n) is 12.5. The van der Waals surface area contributed by atoms with Gasteiger partial charge in [0.25, 0.3) is 0 Å². The van der Waals surface area contributed by atoms with Gasteiger partial charge < -0.3 is 0 Å². The fourth-order valence-electron chi connectivity index (χ4n) is 5.91. The summed E-state index contributed by atoms with van der Waals surface area (Å²) < 4.78 is 2.54. The number of nitrogens with zero attached hydrogens (tertiary/aromatic N) is 1. The first-order valence-corrected chi connectivity index (χ1v) is 13.4. The van der Waals surface area contributed by atoms with Crippen LogP contribution in [0.1, 0.15) is 0 Å². The lowest BCUT2D eigenvalue weighted by Crippen LogP contribution is -1.97. The molecule has 2 heteroatoms. The van der Waals surface area contributed by atoms with Crippen molar-refractivity contribution in [2.45, 2.75) is 0 Å². The van der Waals surface area contributed by atoms with Crippen molar-refractivity contribution in [3.05, 3.63) is 128 Å². The van der Waals surface area contributed by atoms with Gasteiger partial charge in [0, 0.05) is 27.9 Å². The molecular weight excluding hydrogens is 466 g/mol. The van der Waals surface area contributed by atoms with Gasteiger partial charge in [-0.2, -0.15) is 0 Å². The summed E-state index contributed by atoms with van der Waals surface area (Å²) in [5.41, 5.74) is 12.7. The molecule has 0 spiro atoms. The molecule has 0 N–H and O–H groups in total. The average Bonchev–Trinajstić information content (AvgIpc) is 3.35. The number of thiophene rings is 1. The standard InChI is InChI=1S/C35H21NS/c1-2-9-25-24(8-1)26-10-3-4-12-28(26)30-17-16-22(20-33(30)29-13-6-5-11-27(25)29)23-14-7-15-32-31-18-19-36-21-34(31)37-35(23)32/h1-21H. The summed E-state index contributed by atoms with van der Waals surface area (Å²) >= 11 is 1.83. The second-order valence-electron chi connectivity index (χ2n) is 9.55. The van der Waals surface area contributed by atoms with Crippen LogP contribution >= 0.6 is 11.3 Å². The molecule has 5 aromatic carbocycles. The SMILES string of the molecule is c1ccc2c(c1)-c1ccccc1-c1ccc(-c3cccc4c3sc3cnccc34)cc1-c1ccccc1-2. The van der Waals surface area contributed by atoms with E-state index in [4.69, 9.17) is 0 Å². The maximum atomic E-state index is 4.36. The van der Waals surface area contributed by atoms with Gasteiger partial charge in [-0.1, -0.05) is 103 Å². The Kier molecular flexibility index (Phi) is 4.46. The van der Waals surface area contributed by atoms with Crippen LogP contribution < -0.4 is 0 Å². The predicted molar refractivity (Wildman–Crippen MR) is 158 cm³/mol. The number of pyridine rings is 1. The van der Waals surface area contributed by atoms with E-state index in [1.165, 1.54) is 75.8 Å². The van der Waals surface area contributed by atoms with Crippen molar-refractivity contribution in [3.63, 3.8) is 0 Å². The van der Waals surface area contributed by atoms with Crippen molar-refractivity contribution in [1.29, 1.82) is 0 Å². The molecule has 0 aliphatic heterocycles. The average molecular weight is 488 g/mol. The third-order valence-electron chi connectivity index (χ3n) is 7.57. The van der Waals surface area contributed by atoms with Gasteiger partial charge in [-0.25, -0.2) is 0 Å². The fourth-order valence-corrected chi connectivity index (χ4v) is 7.11. The van der Waals surface area contributed by atoms with E-state index in [0.29, 0.717) is 0 Å². The molecule has 0 amide bonds. The normalized spacial score (nSPS) is 11.8. The molecule has 7 aromatic rings. The Bertz CT molecular complexity index is 1990. The molecule has 1 aliphatic rings. The summed E-state index contributed by atoms with van der Waals surface area (Å²) in [4.78, 5) is 4.36. The number of rotatable bonds is 1. The highest BCUT2D eigenvalue weighted by atomic mass is 32.1. The maximum absolute atomic E-state index is 4.36. The lowest BCUT2D eigenvalue weighted by molar-refractivity contribution is 1.37. The van der Waals surface area contributed by atoms with E-state index in [0.717, 1.165) is 0 Å². The zero-order chi connectivity index (χ0) is 24.3. The molecule has 2 heterocycles. The minimum Gasteiger partial charge on any atom is -0.263 e. The van der Waals surface area contributed by atoms with E-state index in [-0.39, 0.29) is 0 Å². The van der Waals surface area contributed by atoms with Crippen molar-refractivity contribution < 1.29 is 0 Å². The summed E-state index contributed by atoms with van der Waals surface area (Å²) in [5, 5.41) is 2.57. The Labute approximate surface area is 219 Å². The molecule has 37 heavy (non-hydrogen) atoms. The van der Waals surface area contributed by atoms with E-state index in [9.17, 15) is 0 Å². The van der Waals surface area contributed by atoms with Gasteiger partial charge in [-0.05, 0) is 67.8 Å². The van der Waals surface area contributed by atoms with Crippen LogP contribution in [0.5, 0.6) is 0 Å². The van der Waals surface area contributed by atoms with Crippen molar-refractivity contribution in [2.24, 2.45) is 0 Å². The Morgan fingerprint density at radius 2 is 0.973 bits per heavy atom. The Balaban J connectivity index is 1.45. The maximum Gasteiger partial charge on any atom is 0.0538 e. The molecule has 172 valence electrons. The van der Waals surface area contributed by atoms with Gasteiger partial charge in [0.15, 0.2) is 0 Å². The van der Waals surface area contributed by atoms with Gasteiger partial charge in [0.1, 0.15) is 0 Å². The monoisotopic (exact) mass is 487 g/mol. The van der Waals surface area contributed by atoms with Crippen molar-refractivity contribution in [1.82, 2.24) is 4.98 Å². The highest BCUT2D eigenvalue weighted by Gasteiger charge is 2.22. The van der Waals surface area contributed by atoms with Crippen LogP contribution in [0.3, 0.4) is 0 Å². The molecule has 0 unspecified atom stereocenters. The third kappa shape index (κ3) is 3.06. The van der Waals surface area contributed by atoms with Crippen molar-refractivity contribution in [3.8, 4) is 55.6 Å². The first kappa shape index (κ1) is 20.6. The molecule has 0 bridgehead atoms. The van der Waals surface area contributed by atoms with Crippen LogP contribution in [0.25, 0.3) is 75.8 Å². The molecular formula is C35H21NS. The van der Waals surface area contributed by atoms with Crippen LogP contribution in [0.4, 0.5) is 0 Å². The van der Waals surface area contributed by atoms with Crippen molar-refractivity contribution in [2.75, 3.05) is 0 Å². The zero-order valence-electron chi connectivity index (χ0n) is 20.0. The Hall–Kier alpha value is -4.53. The second-order valence-corrected chi connectivity index (χ2v) is 10.6. The molecule has 1 nitrogen and oxygen atoms in total. The van der Waals surface area contributed by atoms with Crippen LogP contribution in [-0.2, 0) is 0 Å². The highest BCUT2D eigenvalue weighted by molar-refractivity contribution is 7.26. The summed E-state index contributed by atoms with van der Waals surface area (Å²) in [6.45, 7) is 0. The minimum atomic E-state index is 1.23. The minimum absolute atomic E-state index is 1.23. The van der Waals surface area contributed by atoms with E-state index in [2.05, 4.69) is 120 Å². The smallest absolute Gasteiger partial charge is 0.0538 e. The molecule has 0 saturated heterocycles. The van der Waals surface area contributed by atoms with E-state index < -0.39 is 0 Å². The summed E-state index contributed by atoms with van der Waals surface area (Å²) in [6.07, 6.45) is 3.87. The van der Waals surface area contributed by atoms with Gasteiger partial charge in [-0.15, -0.1) is 11.3 Å². The van der Waals surface area contributed by atoms with E-state index >= 15 is 0 Å². The summed E-state index contributed by atoms with van der Waals surface area (Å²) in [7, 11) is 0. The van der Waals surface area contributed by atoms with Gasteiger partial charge in [0.05, 0.1) is 4.70 Å². The number of aromatic nitrogens is 1. The zero-order valence-corrected chi connectivity index (χ0v) is 20.8. The number of hydrogen-bond donors (Lipinski definition) is 0. The molecule has 8 rings (SSSR count). The Morgan fingerprint density at radius 3 is 1.59 bits per heavy atom. The third-order valence-corrected chi connectivity index (χ3v) is 8.76. The molecule has 0 fully saturated rings. The van der Waals surface area contributed by atoms with Gasteiger partial charge in [0.2, 0.25) is 0 Å². The Morgan fingerprint density at radius 1 is 0.432 bits per heavy atom. The highest BCUT2D eigenvalue weighted by Crippen LogP contribution is 2.49.